The summed E-state index contributed by atoms with van der Waals surface area (Å²) in [5.41, 5.74) is 12.1. The maximum atomic E-state index is 5.58. The van der Waals surface area contributed by atoms with E-state index in [1.165, 1.54) is 32.6 Å². The number of hydrogen-bond donors (Lipinski definition) is 0. The van der Waals surface area contributed by atoms with Crippen LogP contribution in [0.2, 0.25) is 0 Å². The van der Waals surface area contributed by atoms with Gasteiger partial charge in [-0.3, -0.25) is 4.98 Å². The molecule has 252 valence electrons. The maximum absolute atomic E-state index is 5.58. The molecule has 53 heavy (non-hydrogen) atoms. The highest BCUT2D eigenvalue weighted by Crippen LogP contribution is 2.44. The van der Waals surface area contributed by atoms with Crippen molar-refractivity contribution in [1.29, 1.82) is 0 Å². The molecule has 0 unspecified atom stereocenters. The topological polar surface area (TPSA) is 35.2 Å². The van der Waals surface area contributed by atoms with Crippen LogP contribution in [0.25, 0.3) is 66.2 Å². The van der Waals surface area contributed by atoms with Crippen molar-refractivity contribution < 1.29 is 4.74 Å². The van der Waals surface area contributed by atoms with Crippen molar-refractivity contribution in [1.82, 2.24) is 14.1 Å². The van der Waals surface area contributed by atoms with Crippen molar-refractivity contribution in [3.63, 3.8) is 0 Å². The van der Waals surface area contributed by atoms with Gasteiger partial charge in [-0.25, -0.2) is 0 Å². The molecule has 0 amide bonds. The SMILES string of the molecule is COc1ccc(N(c2ccc(-n3c4ccccc4c4ccccc43)cc2)c2cccc3c2c2ccccc2n3-c2ccc(-c3ccccn3)cc2)cc1. The third kappa shape index (κ3) is 5.05. The van der Waals surface area contributed by atoms with Crippen LogP contribution in [0.5, 0.6) is 5.75 Å². The van der Waals surface area contributed by atoms with Gasteiger partial charge in [-0.1, -0.05) is 78.9 Å². The van der Waals surface area contributed by atoms with Crippen LogP contribution >= 0.6 is 0 Å². The highest BCUT2D eigenvalue weighted by Gasteiger charge is 2.21. The van der Waals surface area contributed by atoms with Gasteiger partial charge in [0.05, 0.1) is 40.6 Å². The first kappa shape index (κ1) is 30.7. The summed E-state index contributed by atoms with van der Waals surface area (Å²) in [6.07, 6.45) is 1.84. The summed E-state index contributed by atoms with van der Waals surface area (Å²) in [5, 5.41) is 4.87. The summed E-state index contributed by atoms with van der Waals surface area (Å²) in [6.45, 7) is 0. The van der Waals surface area contributed by atoms with Gasteiger partial charge in [-0.2, -0.15) is 0 Å². The molecule has 5 heteroatoms. The normalized spacial score (nSPS) is 11.5. The molecule has 0 aliphatic carbocycles. The number of para-hydroxylation sites is 3. The number of rotatable bonds is 7. The van der Waals surface area contributed by atoms with Gasteiger partial charge in [0.25, 0.3) is 0 Å². The molecule has 0 aliphatic heterocycles. The fourth-order valence-electron chi connectivity index (χ4n) is 7.89. The molecule has 5 nitrogen and oxygen atoms in total. The van der Waals surface area contributed by atoms with Crippen LogP contribution in [0.15, 0.2) is 188 Å². The van der Waals surface area contributed by atoms with Crippen LogP contribution < -0.4 is 9.64 Å². The number of aromatic nitrogens is 3. The monoisotopic (exact) mass is 682 g/mol. The van der Waals surface area contributed by atoms with Gasteiger partial charge in [-0.05, 0) is 103 Å². The molecule has 0 N–H and O–H groups in total. The average Bonchev–Trinajstić information content (AvgIpc) is 3.75. The molecule has 0 bridgehead atoms. The van der Waals surface area contributed by atoms with Crippen molar-refractivity contribution in [2.24, 2.45) is 0 Å². The Labute approximate surface area is 307 Å². The molecule has 0 fully saturated rings. The number of hydrogen-bond acceptors (Lipinski definition) is 3. The number of anilines is 3. The summed E-state index contributed by atoms with van der Waals surface area (Å²) in [6, 6.07) is 64.6. The minimum Gasteiger partial charge on any atom is -0.497 e. The highest BCUT2D eigenvalue weighted by molar-refractivity contribution is 6.16. The number of nitrogens with zero attached hydrogens (tertiary/aromatic N) is 4. The Kier molecular flexibility index (Phi) is 7.29. The second-order valence-corrected chi connectivity index (χ2v) is 13.2. The minimum absolute atomic E-state index is 0.819. The van der Waals surface area contributed by atoms with E-state index in [0.29, 0.717) is 0 Å². The average molecular weight is 683 g/mol. The van der Waals surface area contributed by atoms with Crippen LogP contribution in [0.4, 0.5) is 17.1 Å². The fraction of sp³-hybridized carbons (Fsp3) is 0.0208. The molecule has 0 atom stereocenters. The highest BCUT2D eigenvalue weighted by atomic mass is 16.5. The summed E-state index contributed by atoms with van der Waals surface area (Å²) in [4.78, 5) is 6.93. The number of benzene rings is 7. The standard InChI is InChI=1S/C48H34N4O/c1-53-38-30-28-35(29-31-38)50(34-24-26-37(27-25-34)51-43-15-5-2-11-39(43)40-12-3-6-16-44(40)51)46-18-10-19-47-48(46)41-13-4-7-17-45(41)52(47)36-22-20-33(21-23-36)42-14-8-9-32-49-42/h2-32H,1H3. The summed E-state index contributed by atoms with van der Waals surface area (Å²) >= 11 is 0. The van der Waals surface area contributed by atoms with Crippen LogP contribution in [-0.2, 0) is 0 Å². The first-order valence-electron chi connectivity index (χ1n) is 17.8. The lowest BCUT2D eigenvalue weighted by Gasteiger charge is -2.27. The molecular formula is C48H34N4O. The van der Waals surface area contributed by atoms with Crippen LogP contribution in [0, 0.1) is 0 Å². The molecule has 0 saturated heterocycles. The largest absolute Gasteiger partial charge is 0.497 e. The zero-order valence-electron chi connectivity index (χ0n) is 29.1. The molecule has 3 aromatic heterocycles. The maximum Gasteiger partial charge on any atom is 0.119 e. The summed E-state index contributed by atoms with van der Waals surface area (Å²) in [7, 11) is 1.71. The molecule has 3 heterocycles. The van der Waals surface area contributed by atoms with E-state index in [1.807, 2.05) is 36.5 Å². The summed E-state index contributed by atoms with van der Waals surface area (Å²) in [5.74, 6) is 0.819. The Morgan fingerprint density at radius 2 is 0.962 bits per heavy atom. The Morgan fingerprint density at radius 3 is 1.57 bits per heavy atom. The molecular weight excluding hydrogens is 649 g/mol. The Morgan fingerprint density at radius 1 is 0.453 bits per heavy atom. The molecule has 7 aromatic carbocycles. The Hall–Kier alpha value is -7.11. The van der Waals surface area contributed by atoms with Gasteiger partial charge in [-0.15, -0.1) is 0 Å². The first-order valence-corrected chi connectivity index (χ1v) is 17.8. The third-order valence-electron chi connectivity index (χ3n) is 10.3. The first-order chi connectivity index (χ1) is 26.3. The quantitative estimate of drug-likeness (QED) is 0.168. The van der Waals surface area contributed by atoms with E-state index in [0.717, 1.165) is 56.5 Å². The molecule has 0 spiro atoms. The predicted molar refractivity (Wildman–Crippen MR) is 220 cm³/mol. The van der Waals surface area contributed by atoms with Gasteiger partial charge in [0.1, 0.15) is 5.75 Å². The lowest BCUT2D eigenvalue weighted by atomic mass is 10.1. The Balaban J connectivity index is 1.16. The molecule has 10 rings (SSSR count). The van der Waals surface area contributed by atoms with Gasteiger partial charge in [0, 0.05) is 56.1 Å². The minimum atomic E-state index is 0.819. The molecule has 0 aliphatic rings. The number of pyridine rings is 1. The van der Waals surface area contributed by atoms with Gasteiger partial charge in [0.2, 0.25) is 0 Å². The summed E-state index contributed by atoms with van der Waals surface area (Å²) < 4.78 is 10.3. The number of methoxy groups -OCH3 is 1. The van der Waals surface area contributed by atoms with E-state index < -0.39 is 0 Å². The van der Waals surface area contributed by atoms with Gasteiger partial charge >= 0.3 is 0 Å². The van der Waals surface area contributed by atoms with E-state index >= 15 is 0 Å². The second kappa shape index (κ2) is 12.6. The third-order valence-corrected chi connectivity index (χ3v) is 10.3. The molecule has 0 radical (unpaired) electrons. The van der Waals surface area contributed by atoms with Crippen molar-refractivity contribution in [2.75, 3.05) is 12.0 Å². The van der Waals surface area contributed by atoms with Crippen molar-refractivity contribution in [3.05, 3.63) is 188 Å². The van der Waals surface area contributed by atoms with Gasteiger partial charge in [0.15, 0.2) is 0 Å². The smallest absolute Gasteiger partial charge is 0.119 e. The van der Waals surface area contributed by atoms with Crippen molar-refractivity contribution in [2.45, 2.75) is 0 Å². The Bertz CT molecular complexity index is 2850. The number of ether oxygens (including phenoxy) is 1. The number of fused-ring (bicyclic) bond motifs is 6. The zero-order valence-corrected chi connectivity index (χ0v) is 29.1. The zero-order chi connectivity index (χ0) is 35.3. The van der Waals surface area contributed by atoms with Crippen molar-refractivity contribution >= 4 is 60.7 Å². The van der Waals surface area contributed by atoms with E-state index in [1.54, 1.807) is 7.11 Å². The van der Waals surface area contributed by atoms with E-state index in [4.69, 9.17) is 4.74 Å². The lowest BCUT2D eigenvalue weighted by molar-refractivity contribution is 0.415. The van der Waals surface area contributed by atoms with Crippen LogP contribution in [-0.4, -0.2) is 21.2 Å². The van der Waals surface area contributed by atoms with Crippen LogP contribution in [0.3, 0.4) is 0 Å². The molecule has 0 saturated carbocycles. The molecule has 10 aromatic rings. The second-order valence-electron chi connectivity index (χ2n) is 13.2. The predicted octanol–water partition coefficient (Wildman–Crippen LogP) is 12.4. The fourth-order valence-corrected chi connectivity index (χ4v) is 7.89. The van der Waals surface area contributed by atoms with E-state index in [-0.39, 0.29) is 0 Å². The van der Waals surface area contributed by atoms with E-state index in [2.05, 4.69) is 171 Å². The van der Waals surface area contributed by atoms with E-state index in [9.17, 15) is 0 Å². The van der Waals surface area contributed by atoms with Crippen molar-refractivity contribution in [3.8, 4) is 28.4 Å². The van der Waals surface area contributed by atoms with Crippen LogP contribution in [0.1, 0.15) is 0 Å². The lowest BCUT2D eigenvalue weighted by Crippen LogP contribution is -2.10. The van der Waals surface area contributed by atoms with Gasteiger partial charge < -0.3 is 18.8 Å².